The van der Waals surface area contributed by atoms with Crippen LogP contribution in [0.3, 0.4) is 0 Å². The zero-order valence-electron chi connectivity index (χ0n) is 17.7. The summed E-state index contributed by atoms with van der Waals surface area (Å²) in [5, 5.41) is 2.63. The van der Waals surface area contributed by atoms with Crippen LogP contribution in [-0.4, -0.2) is 61.6 Å². The van der Waals surface area contributed by atoms with E-state index < -0.39 is 11.7 Å². The van der Waals surface area contributed by atoms with Gasteiger partial charge in [-0.3, -0.25) is 9.59 Å². The van der Waals surface area contributed by atoms with Gasteiger partial charge in [0.15, 0.2) is 0 Å². The maximum absolute atomic E-state index is 14.7. The summed E-state index contributed by atoms with van der Waals surface area (Å²) in [6, 6.07) is 6.51. The molecule has 2 amide bonds. The van der Waals surface area contributed by atoms with Crippen LogP contribution in [0, 0.1) is 5.82 Å². The number of anilines is 2. The molecule has 2 aliphatic heterocycles. The van der Waals surface area contributed by atoms with Gasteiger partial charge in [0.1, 0.15) is 11.6 Å². The molecule has 0 aliphatic carbocycles. The SMILES string of the molecule is COCCNC(=O)c1ccc(N2CCCc3cc(C(=O)N4CCCC4)cnc32)cc1F. The molecule has 0 atom stereocenters. The predicted molar refractivity (Wildman–Crippen MR) is 115 cm³/mol. The molecular weight excluding hydrogens is 399 g/mol. The number of carbonyl (C=O) groups excluding carboxylic acids is 2. The maximum Gasteiger partial charge on any atom is 0.255 e. The molecule has 0 saturated carbocycles. The molecule has 2 aliphatic rings. The number of hydrogen-bond donors (Lipinski definition) is 1. The highest BCUT2D eigenvalue weighted by Crippen LogP contribution is 2.33. The molecule has 0 bridgehead atoms. The summed E-state index contributed by atoms with van der Waals surface area (Å²) < 4.78 is 19.6. The van der Waals surface area contributed by atoms with Crippen molar-refractivity contribution in [1.82, 2.24) is 15.2 Å². The molecule has 8 heteroatoms. The Morgan fingerprint density at radius 1 is 1.16 bits per heavy atom. The summed E-state index contributed by atoms with van der Waals surface area (Å²) in [7, 11) is 1.54. The molecule has 31 heavy (non-hydrogen) atoms. The van der Waals surface area contributed by atoms with E-state index in [9.17, 15) is 14.0 Å². The molecule has 1 aromatic heterocycles. The Balaban J connectivity index is 1.54. The number of benzene rings is 1. The third-order valence-electron chi connectivity index (χ3n) is 5.77. The number of nitrogens with zero attached hydrogens (tertiary/aromatic N) is 3. The molecule has 0 spiro atoms. The monoisotopic (exact) mass is 426 g/mol. The average molecular weight is 426 g/mol. The molecule has 7 nitrogen and oxygen atoms in total. The number of ether oxygens (including phenoxy) is 1. The van der Waals surface area contributed by atoms with Crippen LogP contribution < -0.4 is 10.2 Å². The van der Waals surface area contributed by atoms with Gasteiger partial charge in [0, 0.05) is 45.2 Å². The zero-order chi connectivity index (χ0) is 21.8. The van der Waals surface area contributed by atoms with Crippen LogP contribution >= 0.6 is 0 Å². The Kier molecular flexibility index (Phi) is 6.46. The minimum absolute atomic E-state index is 0.00315. The lowest BCUT2D eigenvalue weighted by atomic mass is 10.0. The molecule has 2 aromatic rings. The second-order valence-electron chi connectivity index (χ2n) is 7.87. The number of amides is 2. The van der Waals surface area contributed by atoms with E-state index in [1.54, 1.807) is 12.3 Å². The minimum Gasteiger partial charge on any atom is -0.383 e. The normalized spacial score (nSPS) is 15.7. The van der Waals surface area contributed by atoms with Gasteiger partial charge in [-0.15, -0.1) is 0 Å². The predicted octanol–water partition coefficient (Wildman–Crippen LogP) is 2.92. The van der Waals surface area contributed by atoms with Crippen LogP contribution in [0.5, 0.6) is 0 Å². The largest absolute Gasteiger partial charge is 0.383 e. The van der Waals surface area contributed by atoms with Crippen LogP contribution in [-0.2, 0) is 11.2 Å². The molecule has 0 radical (unpaired) electrons. The third-order valence-corrected chi connectivity index (χ3v) is 5.77. The number of fused-ring (bicyclic) bond motifs is 1. The molecule has 3 heterocycles. The molecule has 1 fully saturated rings. The van der Waals surface area contributed by atoms with Crippen molar-refractivity contribution in [3.63, 3.8) is 0 Å². The molecule has 0 unspecified atom stereocenters. The van der Waals surface area contributed by atoms with E-state index in [0.29, 0.717) is 30.9 Å². The van der Waals surface area contributed by atoms with E-state index in [0.717, 1.165) is 50.2 Å². The summed E-state index contributed by atoms with van der Waals surface area (Å²) in [6.07, 6.45) is 5.40. The van der Waals surface area contributed by atoms with E-state index in [1.165, 1.54) is 19.2 Å². The van der Waals surface area contributed by atoms with Gasteiger partial charge in [0.25, 0.3) is 11.8 Å². The maximum atomic E-state index is 14.7. The van der Waals surface area contributed by atoms with Crippen LogP contribution in [0.4, 0.5) is 15.9 Å². The van der Waals surface area contributed by atoms with Gasteiger partial charge in [-0.25, -0.2) is 9.37 Å². The third kappa shape index (κ3) is 4.54. The fraction of sp³-hybridized carbons (Fsp3) is 0.435. The summed E-state index contributed by atoms with van der Waals surface area (Å²) in [5.74, 6) is -0.288. The van der Waals surface area contributed by atoms with Gasteiger partial charge >= 0.3 is 0 Å². The number of pyridine rings is 1. The van der Waals surface area contributed by atoms with Crippen molar-refractivity contribution in [3.8, 4) is 0 Å². The van der Waals surface area contributed by atoms with Gasteiger partial charge in [-0.05, 0) is 55.5 Å². The van der Waals surface area contributed by atoms with E-state index in [2.05, 4.69) is 10.3 Å². The first-order valence-corrected chi connectivity index (χ1v) is 10.7. The smallest absolute Gasteiger partial charge is 0.255 e. The Morgan fingerprint density at radius 2 is 1.97 bits per heavy atom. The van der Waals surface area contributed by atoms with Crippen molar-refractivity contribution in [2.24, 2.45) is 0 Å². The second kappa shape index (κ2) is 9.43. The average Bonchev–Trinajstić information content (AvgIpc) is 3.32. The lowest BCUT2D eigenvalue weighted by Crippen LogP contribution is -2.30. The number of rotatable bonds is 6. The second-order valence-corrected chi connectivity index (χ2v) is 7.87. The molecule has 1 aromatic carbocycles. The fourth-order valence-electron chi connectivity index (χ4n) is 4.15. The first-order valence-electron chi connectivity index (χ1n) is 10.7. The van der Waals surface area contributed by atoms with E-state index in [1.807, 2.05) is 15.9 Å². The highest BCUT2D eigenvalue weighted by atomic mass is 19.1. The summed E-state index contributed by atoms with van der Waals surface area (Å²) >= 11 is 0. The summed E-state index contributed by atoms with van der Waals surface area (Å²) in [6.45, 7) is 2.97. The zero-order valence-corrected chi connectivity index (χ0v) is 17.7. The van der Waals surface area contributed by atoms with Gasteiger partial charge in [-0.1, -0.05) is 0 Å². The first kappa shape index (κ1) is 21.2. The number of carbonyl (C=O) groups is 2. The van der Waals surface area contributed by atoms with Crippen molar-refractivity contribution >= 4 is 23.3 Å². The lowest BCUT2D eigenvalue weighted by Gasteiger charge is -2.30. The van der Waals surface area contributed by atoms with Crippen LogP contribution in [0.1, 0.15) is 45.5 Å². The van der Waals surface area contributed by atoms with Crippen LogP contribution in [0.2, 0.25) is 0 Å². The van der Waals surface area contributed by atoms with Crippen molar-refractivity contribution in [2.75, 3.05) is 44.8 Å². The van der Waals surface area contributed by atoms with Gasteiger partial charge < -0.3 is 19.9 Å². The molecular formula is C23H27FN4O3. The number of hydrogen-bond acceptors (Lipinski definition) is 5. The Morgan fingerprint density at radius 3 is 2.71 bits per heavy atom. The number of likely N-dealkylation sites (tertiary alicyclic amines) is 1. The Bertz CT molecular complexity index is 975. The van der Waals surface area contributed by atoms with Crippen LogP contribution in [0.15, 0.2) is 30.5 Å². The number of aromatic nitrogens is 1. The van der Waals surface area contributed by atoms with Crippen molar-refractivity contribution < 1.29 is 18.7 Å². The number of aryl methyl sites for hydroxylation is 1. The fourth-order valence-corrected chi connectivity index (χ4v) is 4.15. The standard InChI is InChI=1S/C23H27FN4O3/c1-31-12-8-25-22(29)19-7-6-18(14-20(19)24)28-11-4-5-16-13-17(15-26-21(16)28)23(30)27-9-2-3-10-27/h6-7,13-15H,2-5,8-12H2,1H3,(H,25,29). The van der Waals surface area contributed by atoms with Crippen molar-refractivity contribution in [3.05, 3.63) is 53.0 Å². The van der Waals surface area contributed by atoms with E-state index >= 15 is 0 Å². The quantitative estimate of drug-likeness (QED) is 0.719. The number of nitrogens with one attached hydrogen (secondary N) is 1. The Hall–Kier alpha value is -3.00. The minimum atomic E-state index is -0.583. The molecule has 4 rings (SSSR count). The van der Waals surface area contributed by atoms with Gasteiger partial charge in [-0.2, -0.15) is 0 Å². The van der Waals surface area contributed by atoms with Gasteiger partial charge in [0.2, 0.25) is 0 Å². The Labute approximate surface area is 181 Å². The lowest BCUT2D eigenvalue weighted by molar-refractivity contribution is 0.0792. The molecule has 1 N–H and O–H groups in total. The first-order chi connectivity index (χ1) is 15.1. The van der Waals surface area contributed by atoms with Crippen molar-refractivity contribution in [1.29, 1.82) is 0 Å². The van der Waals surface area contributed by atoms with Crippen LogP contribution in [0.25, 0.3) is 0 Å². The molecule has 1 saturated heterocycles. The molecule has 164 valence electrons. The van der Waals surface area contributed by atoms with Crippen molar-refractivity contribution in [2.45, 2.75) is 25.7 Å². The highest BCUT2D eigenvalue weighted by Gasteiger charge is 2.25. The van der Waals surface area contributed by atoms with E-state index in [-0.39, 0.29) is 11.5 Å². The topological polar surface area (TPSA) is 74.8 Å². The number of methoxy groups -OCH3 is 1. The highest BCUT2D eigenvalue weighted by molar-refractivity contribution is 5.95. The number of halogens is 1. The van der Waals surface area contributed by atoms with E-state index in [4.69, 9.17) is 4.74 Å². The summed E-state index contributed by atoms with van der Waals surface area (Å²) in [5.41, 5.74) is 2.23. The summed E-state index contributed by atoms with van der Waals surface area (Å²) in [4.78, 5) is 33.3. The van der Waals surface area contributed by atoms with Gasteiger partial charge in [0.05, 0.1) is 17.7 Å².